The predicted molar refractivity (Wildman–Crippen MR) is 110 cm³/mol. The van der Waals surface area contributed by atoms with E-state index in [0.717, 1.165) is 48.7 Å². The van der Waals surface area contributed by atoms with Crippen molar-refractivity contribution in [1.29, 1.82) is 0 Å². The molecule has 1 aliphatic heterocycles. The van der Waals surface area contributed by atoms with E-state index < -0.39 is 0 Å². The van der Waals surface area contributed by atoms with E-state index >= 15 is 0 Å². The fraction of sp³-hybridized carbons (Fsp3) is 0.429. The number of ether oxygens (including phenoxy) is 2. The summed E-state index contributed by atoms with van der Waals surface area (Å²) >= 11 is 0. The van der Waals surface area contributed by atoms with Crippen LogP contribution < -0.4 is 15.5 Å². The number of aromatic nitrogens is 1. The van der Waals surface area contributed by atoms with E-state index in [4.69, 9.17) is 9.47 Å². The third-order valence-corrected chi connectivity index (χ3v) is 4.94. The highest BCUT2D eigenvalue weighted by Gasteiger charge is 2.18. The van der Waals surface area contributed by atoms with E-state index in [1.807, 2.05) is 24.3 Å². The lowest BCUT2D eigenvalue weighted by atomic mass is 10.2. The van der Waals surface area contributed by atoms with Crippen LogP contribution in [0.1, 0.15) is 29.8 Å². The Kier molecular flexibility index (Phi) is 6.71. The largest absolute Gasteiger partial charge is 0.497 e. The van der Waals surface area contributed by atoms with Gasteiger partial charge in [0.15, 0.2) is 0 Å². The molecule has 1 aromatic carbocycles. The van der Waals surface area contributed by atoms with E-state index in [0.29, 0.717) is 0 Å². The molecule has 1 atom stereocenters. The van der Waals surface area contributed by atoms with Gasteiger partial charge in [-0.3, -0.25) is 4.79 Å². The first-order valence-electron chi connectivity index (χ1n) is 9.55. The second kappa shape index (κ2) is 9.41. The second-order valence-corrected chi connectivity index (χ2v) is 6.95. The quantitative estimate of drug-likeness (QED) is 0.542. The first-order chi connectivity index (χ1) is 13.6. The number of rotatable bonds is 8. The topological polar surface area (TPSA) is 76.9 Å². The molecule has 7 nitrogen and oxygen atoms in total. The summed E-state index contributed by atoms with van der Waals surface area (Å²) in [5, 5.41) is 7.15. The van der Waals surface area contributed by atoms with Gasteiger partial charge in [0.1, 0.15) is 5.75 Å². The zero-order valence-corrected chi connectivity index (χ0v) is 16.7. The van der Waals surface area contributed by atoms with Gasteiger partial charge in [0.05, 0.1) is 26.0 Å². The van der Waals surface area contributed by atoms with E-state index in [2.05, 4.69) is 40.3 Å². The van der Waals surface area contributed by atoms with Gasteiger partial charge in [-0.2, -0.15) is 5.10 Å². The smallest absolute Gasteiger partial charge is 0.259 e. The molecule has 0 saturated carbocycles. The Hall–Kier alpha value is -2.80. The molecular formula is C21H28N4O3. The van der Waals surface area contributed by atoms with Crippen LogP contribution in [0.25, 0.3) is 0 Å². The minimum absolute atomic E-state index is 0.128. The van der Waals surface area contributed by atoms with E-state index in [1.165, 1.54) is 5.69 Å². The highest BCUT2D eigenvalue weighted by molar-refractivity contribution is 5.85. The number of aryl methyl sites for hydroxylation is 1. The van der Waals surface area contributed by atoms with E-state index in [-0.39, 0.29) is 18.6 Å². The van der Waals surface area contributed by atoms with Crippen LogP contribution in [0, 0.1) is 13.8 Å². The van der Waals surface area contributed by atoms with Crippen LogP contribution >= 0.6 is 0 Å². The Morgan fingerprint density at radius 2 is 2.25 bits per heavy atom. The molecule has 0 bridgehead atoms. The van der Waals surface area contributed by atoms with Gasteiger partial charge in [0.25, 0.3) is 5.91 Å². The third-order valence-electron chi connectivity index (χ3n) is 4.94. The molecule has 1 aliphatic rings. The molecule has 2 aromatic rings. The summed E-state index contributed by atoms with van der Waals surface area (Å²) in [6.07, 6.45) is 4.22. The second-order valence-electron chi connectivity index (χ2n) is 6.95. The number of amides is 1. The Morgan fingerprint density at radius 1 is 1.39 bits per heavy atom. The maximum atomic E-state index is 12.0. The summed E-state index contributed by atoms with van der Waals surface area (Å²) in [4.78, 5) is 12.0. The number of hydrazone groups is 1. The number of carbonyl (C=O) groups is 1. The highest BCUT2D eigenvalue weighted by Crippen LogP contribution is 2.19. The van der Waals surface area contributed by atoms with Gasteiger partial charge in [-0.05, 0) is 44.9 Å². The maximum absolute atomic E-state index is 12.0. The number of hydrogen-bond donors (Lipinski definition) is 2. The summed E-state index contributed by atoms with van der Waals surface area (Å²) in [6.45, 7) is 5.99. The lowest BCUT2D eigenvalue weighted by molar-refractivity contribution is -0.119. The summed E-state index contributed by atoms with van der Waals surface area (Å²) in [7, 11) is 1.61. The van der Waals surface area contributed by atoms with Crippen LogP contribution in [0.5, 0.6) is 5.75 Å². The van der Waals surface area contributed by atoms with Crippen molar-refractivity contribution < 1.29 is 14.3 Å². The van der Waals surface area contributed by atoms with Crippen molar-refractivity contribution >= 4 is 17.8 Å². The molecular weight excluding hydrogens is 356 g/mol. The van der Waals surface area contributed by atoms with E-state index in [1.54, 1.807) is 13.3 Å². The molecule has 0 spiro atoms. The average Bonchev–Trinajstić information content (AvgIpc) is 3.31. The van der Waals surface area contributed by atoms with Crippen LogP contribution in [0.15, 0.2) is 35.4 Å². The number of anilines is 1. The zero-order chi connectivity index (χ0) is 19.9. The van der Waals surface area contributed by atoms with Crippen molar-refractivity contribution in [2.45, 2.75) is 39.3 Å². The number of hydrogen-bond acceptors (Lipinski definition) is 5. The molecule has 0 radical (unpaired) electrons. The van der Waals surface area contributed by atoms with Crippen LogP contribution in [0.3, 0.4) is 0 Å². The van der Waals surface area contributed by atoms with Gasteiger partial charge in [0.2, 0.25) is 0 Å². The van der Waals surface area contributed by atoms with Gasteiger partial charge in [-0.1, -0.05) is 6.07 Å². The Labute approximate surface area is 165 Å². The Bertz CT molecular complexity index is 838. The van der Waals surface area contributed by atoms with Crippen molar-refractivity contribution in [3.05, 3.63) is 47.3 Å². The van der Waals surface area contributed by atoms with E-state index in [9.17, 15) is 4.79 Å². The summed E-state index contributed by atoms with van der Waals surface area (Å²) in [6, 6.07) is 9.50. The van der Waals surface area contributed by atoms with Gasteiger partial charge in [-0.15, -0.1) is 0 Å². The maximum Gasteiger partial charge on any atom is 0.259 e. The molecule has 0 aliphatic carbocycles. The molecule has 2 N–H and O–H groups in total. The molecule has 1 fully saturated rings. The average molecular weight is 384 g/mol. The van der Waals surface area contributed by atoms with Crippen molar-refractivity contribution in [2.24, 2.45) is 5.10 Å². The highest BCUT2D eigenvalue weighted by atomic mass is 16.5. The zero-order valence-electron chi connectivity index (χ0n) is 16.7. The minimum Gasteiger partial charge on any atom is -0.497 e. The standard InChI is InChI=1S/C21H28N4O3/c1-15-10-17(16(2)25(15)14-20-8-5-9-28-20)12-23-24-21(26)13-22-18-6-4-7-19(11-18)27-3/h4,6-7,10-12,20,22H,5,8-9,13-14H2,1-3H3,(H,24,26)/b23-12-/t20-/m1/s1. The molecule has 3 rings (SSSR count). The molecule has 7 heteroatoms. The summed E-state index contributed by atoms with van der Waals surface area (Å²) in [5.41, 5.74) is 6.67. The third kappa shape index (κ3) is 5.13. The summed E-state index contributed by atoms with van der Waals surface area (Å²) in [5.74, 6) is 0.522. The fourth-order valence-electron chi connectivity index (χ4n) is 3.36. The molecule has 0 unspecified atom stereocenters. The lowest BCUT2D eigenvalue weighted by Crippen LogP contribution is -2.25. The number of methoxy groups -OCH3 is 1. The van der Waals surface area contributed by atoms with Crippen molar-refractivity contribution in [1.82, 2.24) is 9.99 Å². The number of benzene rings is 1. The number of nitrogens with one attached hydrogen (secondary N) is 2. The van der Waals surface area contributed by atoms with Crippen molar-refractivity contribution in [3.63, 3.8) is 0 Å². The molecule has 1 amide bonds. The number of nitrogens with zero attached hydrogens (tertiary/aromatic N) is 2. The van der Waals surface area contributed by atoms with Gasteiger partial charge in [0, 0.05) is 41.9 Å². The van der Waals surface area contributed by atoms with Crippen molar-refractivity contribution in [2.75, 3.05) is 25.6 Å². The number of carbonyl (C=O) groups excluding carboxylic acids is 1. The predicted octanol–water partition coefficient (Wildman–Crippen LogP) is 2.85. The minimum atomic E-state index is -0.216. The Morgan fingerprint density at radius 3 is 3.00 bits per heavy atom. The van der Waals surface area contributed by atoms with Crippen LogP contribution in [-0.2, 0) is 16.1 Å². The molecule has 1 saturated heterocycles. The van der Waals surface area contributed by atoms with Gasteiger partial charge >= 0.3 is 0 Å². The normalized spacial score (nSPS) is 16.5. The lowest BCUT2D eigenvalue weighted by Gasteiger charge is -2.14. The molecule has 28 heavy (non-hydrogen) atoms. The summed E-state index contributed by atoms with van der Waals surface area (Å²) < 4.78 is 13.2. The molecule has 150 valence electrons. The molecule has 2 heterocycles. The van der Waals surface area contributed by atoms with Crippen LogP contribution in [-0.4, -0.2) is 43.1 Å². The van der Waals surface area contributed by atoms with Crippen LogP contribution in [0.4, 0.5) is 5.69 Å². The SMILES string of the molecule is COc1cccc(NCC(=O)N/N=C\c2cc(C)n(C[C@H]3CCCO3)c2C)c1. The van der Waals surface area contributed by atoms with Crippen LogP contribution in [0.2, 0.25) is 0 Å². The first kappa shape index (κ1) is 19.9. The Balaban J connectivity index is 1.51. The van der Waals surface area contributed by atoms with Gasteiger partial charge in [-0.25, -0.2) is 5.43 Å². The first-order valence-corrected chi connectivity index (χ1v) is 9.55. The van der Waals surface area contributed by atoms with Crippen molar-refractivity contribution in [3.8, 4) is 5.75 Å². The monoisotopic (exact) mass is 384 g/mol. The fourth-order valence-corrected chi connectivity index (χ4v) is 3.36. The molecule has 1 aromatic heterocycles. The van der Waals surface area contributed by atoms with Gasteiger partial charge < -0.3 is 19.4 Å².